The highest BCUT2D eigenvalue weighted by molar-refractivity contribution is 6.15. The van der Waals surface area contributed by atoms with Gasteiger partial charge in [-0.3, -0.25) is 9.69 Å². The van der Waals surface area contributed by atoms with Crippen LogP contribution in [0.3, 0.4) is 0 Å². The minimum absolute atomic E-state index is 0.111. The van der Waals surface area contributed by atoms with Crippen LogP contribution in [0, 0.1) is 25.2 Å². The van der Waals surface area contributed by atoms with Crippen LogP contribution < -0.4 is 21.3 Å². The number of hydrogen-bond donors (Lipinski definition) is 2. The third-order valence-corrected chi connectivity index (χ3v) is 6.32. The summed E-state index contributed by atoms with van der Waals surface area (Å²) < 4.78 is 0. The SMILES string of the molecule is Cc1ccc(N2C(=O)Cc3c2nc(N)c2c(N)nc(N4CCCC4)c(C#N)c32)cc1C. The number of benzene rings is 1. The lowest BCUT2D eigenvalue weighted by atomic mass is 10.0. The highest BCUT2D eigenvalue weighted by Gasteiger charge is 2.35. The zero-order chi connectivity index (χ0) is 21.9. The lowest BCUT2D eigenvalue weighted by Gasteiger charge is -2.22. The Kier molecular flexibility index (Phi) is 4.22. The number of anilines is 5. The standard InChI is InChI=1S/C23H23N7O/c1-12-5-6-14(9-13(12)2)30-17(31)10-15-18-16(11-24)22(29-7-3-4-8-29)27-20(25)19(18)21(26)28-23(15)30/h5-6,9H,3-4,7-8,10H2,1-2H3,(H2,25,27)(H2,26,28). The number of nitrogens with zero attached hydrogens (tertiary/aromatic N) is 5. The molecule has 156 valence electrons. The quantitative estimate of drug-likeness (QED) is 0.661. The number of carbonyl (C=O) groups is 1. The maximum Gasteiger partial charge on any atom is 0.237 e. The Morgan fingerprint density at radius 3 is 2.32 bits per heavy atom. The van der Waals surface area contributed by atoms with E-state index in [1.54, 1.807) is 4.90 Å². The van der Waals surface area contributed by atoms with Crippen LogP contribution in [0.15, 0.2) is 18.2 Å². The molecule has 0 spiro atoms. The highest BCUT2D eigenvalue weighted by atomic mass is 16.2. The Morgan fingerprint density at radius 1 is 1.00 bits per heavy atom. The van der Waals surface area contributed by atoms with Gasteiger partial charge in [0.15, 0.2) is 0 Å². The van der Waals surface area contributed by atoms with Crippen LogP contribution in [0.25, 0.3) is 10.8 Å². The lowest BCUT2D eigenvalue weighted by Crippen LogP contribution is -2.22. The number of nitrogen functional groups attached to an aromatic ring is 2. The fraction of sp³-hybridized carbons (Fsp3) is 0.304. The number of fused-ring (bicyclic) bond motifs is 3. The molecule has 8 nitrogen and oxygen atoms in total. The number of aromatic nitrogens is 2. The fourth-order valence-corrected chi connectivity index (χ4v) is 4.60. The molecule has 0 aliphatic carbocycles. The van der Waals surface area contributed by atoms with Crippen molar-refractivity contribution in [3.05, 3.63) is 40.5 Å². The molecule has 4 heterocycles. The molecule has 4 N–H and O–H groups in total. The molecule has 0 saturated carbocycles. The fourth-order valence-electron chi connectivity index (χ4n) is 4.60. The van der Waals surface area contributed by atoms with Crippen molar-refractivity contribution in [2.75, 3.05) is 34.4 Å². The third kappa shape index (κ3) is 2.77. The van der Waals surface area contributed by atoms with Gasteiger partial charge in [-0.2, -0.15) is 5.26 Å². The number of nitriles is 1. The Hall–Kier alpha value is -3.86. The van der Waals surface area contributed by atoms with E-state index in [4.69, 9.17) is 11.5 Å². The maximum absolute atomic E-state index is 13.1. The van der Waals surface area contributed by atoms with Crippen molar-refractivity contribution in [3.63, 3.8) is 0 Å². The van der Waals surface area contributed by atoms with Crippen molar-refractivity contribution in [3.8, 4) is 6.07 Å². The van der Waals surface area contributed by atoms with Crippen molar-refractivity contribution in [2.45, 2.75) is 33.1 Å². The van der Waals surface area contributed by atoms with E-state index >= 15 is 0 Å². The minimum Gasteiger partial charge on any atom is -0.383 e. The molecule has 0 atom stereocenters. The second-order valence-electron chi connectivity index (χ2n) is 8.23. The molecule has 2 aliphatic heterocycles. The number of amides is 1. The molecule has 0 unspecified atom stereocenters. The third-order valence-electron chi connectivity index (χ3n) is 6.32. The molecule has 1 aromatic carbocycles. The Balaban J connectivity index is 1.80. The summed E-state index contributed by atoms with van der Waals surface area (Å²) in [5, 5.41) is 11.1. The van der Waals surface area contributed by atoms with Gasteiger partial charge in [-0.1, -0.05) is 6.07 Å². The van der Waals surface area contributed by atoms with E-state index in [1.807, 2.05) is 32.0 Å². The van der Waals surface area contributed by atoms with Crippen LogP contribution in [0.4, 0.5) is 29.0 Å². The van der Waals surface area contributed by atoms with Crippen LogP contribution >= 0.6 is 0 Å². The number of hydrogen-bond acceptors (Lipinski definition) is 7. The molecule has 5 rings (SSSR count). The first kappa shape index (κ1) is 19.1. The van der Waals surface area contributed by atoms with Crippen molar-refractivity contribution in [1.82, 2.24) is 9.97 Å². The van der Waals surface area contributed by atoms with Crippen molar-refractivity contribution in [2.24, 2.45) is 0 Å². The first-order valence-electron chi connectivity index (χ1n) is 10.4. The van der Waals surface area contributed by atoms with Gasteiger partial charge in [-0.25, -0.2) is 9.97 Å². The zero-order valence-electron chi connectivity index (χ0n) is 17.6. The second-order valence-corrected chi connectivity index (χ2v) is 8.23. The van der Waals surface area contributed by atoms with Gasteiger partial charge >= 0.3 is 0 Å². The van der Waals surface area contributed by atoms with Gasteiger partial charge in [0.25, 0.3) is 0 Å². The highest BCUT2D eigenvalue weighted by Crippen LogP contribution is 2.44. The van der Waals surface area contributed by atoms with Crippen molar-refractivity contribution in [1.29, 1.82) is 5.26 Å². The zero-order valence-corrected chi connectivity index (χ0v) is 17.6. The van der Waals surface area contributed by atoms with Gasteiger partial charge in [0.2, 0.25) is 5.91 Å². The van der Waals surface area contributed by atoms with Gasteiger partial charge in [0, 0.05) is 24.0 Å². The van der Waals surface area contributed by atoms with Gasteiger partial charge in [-0.15, -0.1) is 0 Å². The minimum atomic E-state index is -0.111. The normalized spacial score (nSPS) is 15.6. The first-order valence-corrected chi connectivity index (χ1v) is 10.4. The summed E-state index contributed by atoms with van der Waals surface area (Å²) in [5.74, 6) is 1.33. The van der Waals surface area contributed by atoms with E-state index in [0.717, 1.165) is 42.7 Å². The molecule has 31 heavy (non-hydrogen) atoms. The van der Waals surface area contributed by atoms with E-state index in [0.29, 0.717) is 33.5 Å². The van der Waals surface area contributed by atoms with E-state index in [9.17, 15) is 10.1 Å². The Bertz CT molecular complexity index is 1300. The topological polar surface area (TPSA) is 125 Å². The molecule has 1 amide bonds. The molecule has 1 saturated heterocycles. The average Bonchev–Trinajstić information content (AvgIpc) is 3.37. The number of carbonyl (C=O) groups excluding carboxylic acids is 1. The van der Waals surface area contributed by atoms with E-state index in [-0.39, 0.29) is 24.0 Å². The van der Waals surface area contributed by atoms with E-state index < -0.39 is 0 Å². The molecule has 2 aliphatic rings. The number of rotatable bonds is 2. The summed E-state index contributed by atoms with van der Waals surface area (Å²) in [4.78, 5) is 25.8. The van der Waals surface area contributed by atoms with Crippen LogP contribution in [0.5, 0.6) is 0 Å². The monoisotopic (exact) mass is 413 g/mol. The van der Waals surface area contributed by atoms with Crippen LogP contribution in [0.1, 0.15) is 35.1 Å². The number of pyridine rings is 2. The van der Waals surface area contributed by atoms with Gasteiger partial charge < -0.3 is 16.4 Å². The molecular weight excluding hydrogens is 390 g/mol. The number of nitrogens with two attached hydrogens (primary N) is 2. The van der Waals surface area contributed by atoms with Gasteiger partial charge in [0.05, 0.1) is 17.5 Å². The summed E-state index contributed by atoms with van der Waals surface area (Å²) in [6.07, 6.45) is 2.21. The van der Waals surface area contributed by atoms with Crippen LogP contribution in [-0.2, 0) is 11.2 Å². The smallest absolute Gasteiger partial charge is 0.237 e. The summed E-state index contributed by atoms with van der Waals surface area (Å²) in [7, 11) is 0. The van der Waals surface area contributed by atoms with E-state index in [2.05, 4.69) is 20.9 Å². The summed E-state index contributed by atoms with van der Waals surface area (Å²) in [6.45, 7) is 5.68. The predicted octanol–water partition coefficient (Wildman–Crippen LogP) is 3.10. The largest absolute Gasteiger partial charge is 0.383 e. The van der Waals surface area contributed by atoms with E-state index in [1.165, 1.54) is 0 Å². The molecule has 3 aromatic rings. The van der Waals surface area contributed by atoms with Gasteiger partial charge in [0.1, 0.15) is 34.9 Å². The van der Waals surface area contributed by atoms with Crippen molar-refractivity contribution >= 4 is 45.6 Å². The summed E-state index contributed by atoms with van der Waals surface area (Å²) in [5.41, 5.74) is 16.6. The second kappa shape index (κ2) is 6.84. The summed E-state index contributed by atoms with van der Waals surface area (Å²) in [6, 6.07) is 8.16. The molecule has 2 aromatic heterocycles. The first-order chi connectivity index (χ1) is 14.9. The summed E-state index contributed by atoms with van der Waals surface area (Å²) >= 11 is 0. The van der Waals surface area contributed by atoms with Crippen LogP contribution in [0.2, 0.25) is 0 Å². The average molecular weight is 413 g/mol. The molecule has 1 fully saturated rings. The molecule has 8 heteroatoms. The molecule has 0 bridgehead atoms. The Labute approximate surface area is 180 Å². The molecular formula is C23H23N7O. The Morgan fingerprint density at radius 2 is 1.68 bits per heavy atom. The predicted molar refractivity (Wildman–Crippen MR) is 121 cm³/mol. The lowest BCUT2D eigenvalue weighted by molar-refractivity contribution is -0.116. The van der Waals surface area contributed by atoms with Gasteiger partial charge in [-0.05, 0) is 49.9 Å². The van der Waals surface area contributed by atoms with Crippen LogP contribution in [-0.4, -0.2) is 29.0 Å². The number of aryl methyl sites for hydroxylation is 2. The molecule has 0 radical (unpaired) electrons. The van der Waals surface area contributed by atoms with Crippen molar-refractivity contribution < 1.29 is 4.79 Å². The maximum atomic E-state index is 13.1.